The van der Waals surface area contributed by atoms with Gasteiger partial charge in [0, 0.05) is 17.9 Å². The van der Waals surface area contributed by atoms with Crippen LogP contribution in [0.5, 0.6) is 0 Å². The molecule has 1 fully saturated rings. The van der Waals surface area contributed by atoms with E-state index in [1.165, 1.54) is 0 Å². The van der Waals surface area contributed by atoms with Gasteiger partial charge in [-0.15, -0.1) is 0 Å². The summed E-state index contributed by atoms with van der Waals surface area (Å²) >= 11 is 0. The normalized spacial score (nSPS) is 23.1. The molecule has 0 radical (unpaired) electrons. The summed E-state index contributed by atoms with van der Waals surface area (Å²) in [5.74, 6) is -0.0680. The van der Waals surface area contributed by atoms with E-state index in [0.29, 0.717) is 17.9 Å². The first-order valence-corrected chi connectivity index (χ1v) is 6.28. The Morgan fingerprint density at radius 2 is 2.11 bits per heavy atom. The minimum Gasteiger partial charge on any atom is -0.398 e. The van der Waals surface area contributed by atoms with Crippen molar-refractivity contribution in [1.29, 1.82) is 0 Å². The first-order valence-electron chi connectivity index (χ1n) is 6.28. The van der Waals surface area contributed by atoms with Crippen molar-refractivity contribution in [2.24, 2.45) is 0 Å². The Kier molecular flexibility index (Phi) is 3.57. The molecule has 2 unspecified atom stereocenters. The summed E-state index contributed by atoms with van der Waals surface area (Å²) in [6.45, 7) is 6.56. The van der Waals surface area contributed by atoms with Crippen molar-refractivity contribution in [1.82, 2.24) is 5.32 Å². The molecule has 98 valence electrons. The molecule has 4 heteroatoms. The molecule has 2 rings (SSSR count). The predicted molar refractivity (Wildman–Crippen MR) is 71.6 cm³/mol. The molecule has 18 heavy (non-hydrogen) atoms. The van der Waals surface area contributed by atoms with Crippen molar-refractivity contribution < 1.29 is 9.53 Å². The second kappa shape index (κ2) is 4.98. The number of nitrogens with two attached hydrogens (primary N) is 1. The topological polar surface area (TPSA) is 64.3 Å². The van der Waals surface area contributed by atoms with Gasteiger partial charge < -0.3 is 15.8 Å². The van der Waals surface area contributed by atoms with Crippen molar-refractivity contribution in [3.8, 4) is 0 Å². The zero-order chi connectivity index (χ0) is 13.3. The van der Waals surface area contributed by atoms with Crippen LogP contribution >= 0.6 is 0 Å². The van der Waals surface area contributed by atoms with Crippen molar-refractivity contribution in [3.63, 3.8) is 0 Å². The van der Waals surface area contributed by atoms with Crippen LogP contribution < -0.4 is 11.1 Å². The highest BCUT2D eigenvalue weighted by Gasteiger charge is 2.26. The van der Waals surface area contributed by atoms with Gasteiger partial charge in [-0.25, -0.2) is 0 Å². The Labute approximate surface area is 108 Å². The zero-order valence-corrected chi connectivity index (χ0v) is 11.1. The first-order chi connectivity index (χ1) is 8.49. The fourth-order valence-electron chi connectivity index (χ4n) is 2.28. The molecule has 0 spiro atoms. The smallest absolute Gasteiger partial charge is 0.251 e. The van der Waals surface area contributed by atoms with Crippen LogP contribution in [0.15, 0.2) is 12.1 Å². The fraction of sp³-hybridized carbons (Fsp3) is 0.500. The third kappa shape index (κ3) is 2.48. The number of hydrogen-bond donors (Lipinski definition) is 2. The van der Waals surface area contributed by atoms with E-state index < -0.39 is 0 Å². The number of hydrogen-bond acceptors (Lipinski definition) is 3. The summed E-state index contributed by atoms with van der Waals surface area (Å²) in [6.07, 6.45) is 0.949. The van der Waals surface area contributed by atoms with Crippen LogP contribution in [0.3, 0.4) is 0 Å². The quantitative estimate of drug-likeness (QED) is 0.784. The van der Waals surface area contributed by atoms with Gasteiger partial charge in [-0.3, -0.25) is 4.79 Å². The van der Waals surface area contributed by atoms with Crippen molar-refractivity contribution in [2.75, 3.05) is 12.3 Å². The maximum absolute atomic E-state index is 12.2. The number of benzene rings is 1. The van der Waals surface area contributed by atoms with Crippen molar-refractivity contribution in [2.45, 2.75) is 39.3 Å². The van der Waals surface area contributed by atoms with Crippen LogP contribution in [0.4, 0.5) is 5.69 Å². The Morgan fingerprint density at radius 3 is 2.72 bits per heavy atom. The molecule has 4 nitrogen and oxygen atoms in total. The Morgan fingerprint density at radius 1 is 1.39 bits per heavy atom. The summed E-state index contributed by atoms with van der Waals surface area (Å²) in [4.78, 5) is 12.2. The molecule has 1 aliphatic heterocycles. The zero-order valence-electron chi connectivity index (χ0n) is 11.1. The van der Waals surface area contributed by atoms with E-state index in [0.717, 1.165) is 17.5 Å². The second-order valence-corrected chi connectivity index (χ2v) is 4.97. The molecule has 1 aromatic rings. The van der Waals surface area contributed by atoms with Gasteiger partial charge in [0.25, 0.3) is 5.91 Å². The van der Waals surface area contributed by atoms with Gasteiger partial charge in [-0.05, 0) is 44.4 Å². The van der Waals surface area contributed by atoms with Gasteiger partial charge in [0.1, 0.15) is 0 Å². The molecular weight excluding hydrogens is 228 g/mol. The standard InChI is InChI=1S/C14H20N2O2/c1-8-6-9(2)12(15)7-11(8)14(17)16-13-4-5-18-10(13)3/h6-7,10,13H,4-5,15H2,1-3H3,(H,16,17). The van der Waals surface area contributed by atoms with E-state index >= 15 is 0 Å². The van der Waals surface area contributed by atoms with Crippen LogP contribution in [0, 0.1) is 13.8 Å². The number of carbonyl (C=O) groups excluding carboxylic acids is 1. The largest absolute Gasteiger partial charge is 0.398 e. The molecule has 1 amide bonds. The Balaban J connectivity index is 2.16. The second-order valence-electron chi connectivity index (χ2n) is 4.97. The van der Waals surface area contributed by atoms with Crippen LogP contribution in [0.2, 0.25) is 0 Å². The molecule has 1 saturated heterocycles. The third-order valence-electron chi connectivity index (χ3n) is 3.55. The SMILES string of the molecule is Cc1cc(C)c(C(=O)NC2CCOC2C)cc1N. The van der Waals surface area contributed by atoms with E-state index in [9.17, 15) is 4.79 Å². The van der Waals surface area contributed by atoms with Gasteiger partial charge in [0.2, 0.25) is 0 Å². The maximum atomic E-state index is 12.2. The number of carbonyl (C=O) groups is 1. The summed E-state index contributed by atoms with van der Waals surface area (Å²) in [7, 11) is 0. The average molecular weight is 248 g/mol. The number of nitrogen functional groups attached to an aromatic ring is 1. The number of amides is 1. The molecule has 1 aliphatic rings. The molecule has 3 N–H and O–H groups in total. The van der Waals surface area contributed by atoms with E-state index in [4.69, 9.17) is 10.5 Å². The molecule has 1 heterocycles. The van der Waals surface area contributed by atoms with E-state index in [-0.39, 0.29) is 18.1 Å². The predicted octanol–water partition coefficient (Wildman–Crippen LogP) is 1.79. The van der Waals surface area contributed by atoms with Crippen molar-refractivity contribution >= 4 is 11.6 Å². The van der Waals surface area contributed by atoms with E-state index in [1.807, 2.05) is 26.8 Å². The molecule has 2 atom stereocenters. The van der Waals surface area contributed by atoms with Crippen LogP contribution in [-0.4, -0.2) is 24.7 Å². The Hall–Kier alpha value is -1.55. The number of nitrogens with one attached hydrogen (secondary N) is 1. The molecule has 0 bridgehead atoms. The molecule has 0 aromatic heterocycles. The maximum Gasteiger partial charge on any atom is 0.251 e. The van der Waals surface area contributed by atoms with Crippen molar-refractivity contribution in [3.05, 3.63) is 28.8 Å². The highest BCUT2D eigenvalue weighted by molar-refractivity contribution is 5.97. The Bertz CT molecular complexity index is 471. The van der Waals surface area contributed by atoms with Gasteiger partial charge in [-0.1, -0.05) is 6.07 Å². The third-order valence-corrected chi connectivity index (χ3v) is 3.55. The highest BCUT2D eigenvalue weighted by Crippen LogP contribution is 2.19. The summed E-state index contributed by atoms with van der Waals surface area (Å²) in [5, 5.41) is 3.01. The molecule has 1 aromatic carbocycles. The first kappa shape index (κ1) is 12.9. The van der Waals surface area contributed by atoms with Gasteiger partial charge >= 0.3 is 0 Å². The highest BCUT2D eigenvalue weighted by atomic mass is 16.5. The van der Waals surface area contributed by atoms with Gasteiger partial charge in [0.15, 0.2) is 0 Å². The monoisotopic (exact) mass is 248 g/mol. The molecule has 0 aliphatic carbocycles. The summed E-state index contributed by atoms with van der Waals surface area (Å²) in [5.41, 5.74) is 9.11. The van der Waals surface area contributed by atoms with Gasteiger partial charge in [-0.2, -0.15) is 0 Å². The lowest BCUT2D eigenvalue weighted by Gasteiger charge is -2.17. The number of rotatable bonds is 2. The summed E-state index contributed by atoms with van der Waals surface area (Å²) < 4.78 is 5.44. The minimum atomic E-state index is -0.0680. The number of anilines is 1. The molecule has 0 saturated carbocycles. The van der Waals surface area contributed by atoms with Crippen LogP contribution in [0.25, 0.3) is 0 Å². The fourth-order valence-corrected chi connectivity index (χ4v) is 2.28. The lowest BCUT2D eigenvalue weighted by atomic mass is 10.0. The van der Waals surface area contributed by atoms with E-state index in [1.54, 1.807) is 6.07 Å². The number of ether oxygens (including phenoxy) is 1. The molecular formula is C14H20N2O2. The minimum absolute atomic E-state index is 0.0680. The number of aryl methyl sites for hydroxylation is 2. The summed E-state index contributed by atoms with van der Waals surface area (Å²) in [6, 6.07) is 3.79. The van der Waals surface area contributed by atoms with Gasteiger partial charge in [0.05, 0.1) is 12.1 Å². The van der Waals surface area contributed by atoms with Crippen LogP contribution in [-0.2, 0) is 4.74 Å². The van der Waals surface area contributed by atoms with E-state index in [2.05, 4.69) is 5.32 Å². The average Bonchev–Trinajstić information content (AvgIpc) is 2.69. The lowest BCUT2D eigenvalue weighted by molar-refractivity contribution is 0.0865. The lowest BCUT2D eigenvalue weighted by Crippen LogP contribution is -2.39. The van der Waals surface area contributed by atoms with Crippen LogP contribution in [0.1, 0.15) is 34.8 Å².